The first-order valence-corrected chi connectivity index (χ1v) is 23.9. The molecule has 1 saturated heterocycles. The van der Waals surface area contributed by atoms with Gasteiger partial charge < -0.3 is 51.7 Å². The van der Waals surface area contributed by atoms with Gasteiger partial charge in [-0.2, -0.15) is 0 Å². The highest BCUT2D eigenvalue weighted by Crippen LogP contribution is 2.41. The van der Waals surface area contributed by atoms with Crippen molar-refractivity contribution in [2.45, 2.75) is 90.4 Å². The summed E-state index contributed by atoms with van der Waals surface area (Å²) in [5.41, 5.74) is 6.63. The normalized spacial score (nSPS) is 13.5. The molecule has 1 aliphatic rings. The lowest BCUT2D eigenvalue weighted by molar-refractivity contribution is -0.197. The van der Waals surface area contributed by atoms with Crippen molar-refractivity contribution in [2.24, 2.45) is 11.1 Å². The molecule has 1 aliphatic heterocycles. The maximum atomic E-state index is 15.4. The SMILES string of the molecule is CC(C)(C)[C@H](c1cc(-c2cc(F)ccc2F)cn1Cc1ccccc1)N(CC[C@H](NC(=O)[C@H](CC(N)=O)NC(=O)CNC(=O)CNC(=O)Cc1ccncc1)C(=O)NCCCC(=O)ON1C(=O)CCC1=O)C(=O)CO. The van der Waals surface area contributed by atoms with Crippen LogP contribution in [0.1, 0.15) is 82.2 Å². The monoisotopic (exact) mass is 1040 g/mol. The Hall–Kier alpha value is -8.41. The van der Waals surface area contributed by atoms with E-state index in [1.807, 2.05) is 30.3 Å². The molecule has 0 aliphatic carbocycles. The van der Waals surface area contributed by atoms with E-state index in [4.69, 9.17) is 10.6 Å². The number of rotatable bonds is 26. The minimum atomic E-state index is -1.73. The highest BCUT2D eigenvalue weighted by molar-refractivity contribution is 6.01. The van der Waals surface area contributed by atoms with E-state index < -0.39 is 127 Å². The maximum absolute atomic E-state index is 15.4. The van der Waals surface area contributed by atoms with Crippen LogP contribution in [0.15, 0.2) is 85.3 Å². The number of primary amides is 1. The summed E-state index contributed by atoms with van der Waals surface area (Å²) in [6.45, 7) is 2.73. The summed E-state index contributed by atoms with van der Waals surface area (Å²) in [4.78, 5) is 139. The molecule has 2 aromatic heterocycles. The van der Waals surface area contributed by atoms with Gasteiger partial charge in [-0.3, -0.25) is 48.1 Å². The van der Waals surface area contributed by atoms with Gasteiger partial charge in [0.05, 0.1) is 32.0 Å². The van der Waals surface area contributed by atoms with E-state index in [1.54, 1.807) is 49.7 Å². The molecule has 24 heteroatoms. The van der Waals surface area contributed by atoms with Crippen LogP contribution in [0.25, 0.3) is 11.1 Å². The van der Waals surface area contributed by atoms with Crippen molar-refractivity contribution in [1.82, 2.24) is 46.1 Å². The van der Waals surface area contributed by atoms with Gasteiger partial charge in [-0.1, -0.05) is 51.1 Å². The number of aromatic nitrogens is 2. The summed E-state index contributed by atoms with van der Waals surface area (Å²) in [7, 11) is 0. The number of nitrogens with zero attached hydrogens (tertiary/aromatic N) is 4. The molecule has 400 valence electrons. The third-order valence-corrected chi connectivity index (χ3v) is 11.6. The van der Waals surface area contributed by atoms with Crippen LogP contribution < -0.4 is 32.3 Å². The molecular formula is C51H60F2N10O12. The van der Waals surface area contributed by atoms with Crippen LogP contribution in [0.3, 0.4) is 0 Å². The lowest BCUT2D eigenvalue weighted by atomic mass is 9.82. The number of hydrogen-bond acceptors (Lipinski definition) is 13. The number of hydrogen-bond donors (Lipinski definition) is 7. The molecule has 0 radical (unpaired) electrons. The first kappa shape index (κ1) is 57.5. The Balaban J connectivity index is 1.38. The largest absolute Gasteiger partial charge is 0.387 e. The van der Waals surface area contributed by atoms with Crippen LogP contribution in [-0.4, -0.2) is 129 Å². The van der Waals surface area contributed by atoms with E-state index in [-0.39, 0.29) is 62.9 Å². The summed E-state index contributed by atoms with van der Waals surface area (Å²) >= 11 is 0. The highest BCUT2D eigenvalue weighted by Gasteiger charge is 2.39. The molecule has 0 spiro atoms. The second-order valence-corrected chi connectivity index (χ2v) is 18.6. The van der Waals surface area contributed by atoms with Gasteiger partial charge in [0.15, 0.2) is 0 Å². The zero-order valence-electron chi connectivity index (χ0n) is 41.6. The quantitative estimate of drug-likeness (QED) is 0.0342. The fourth-order valence-corrected chi connectivity index (χ4v) is 8.11. The molecule has 0 unspecified atom stereocenters. The van der Waals surface area contributed by atoms with Crippen molar-refractivity contribution in [3.63, 3.8) is 0 Å². The molecule has 3 atom stereocenters. The number of nitrogens with one attached hydrogen (secondary N) is 5. The van der Waals surface area contributed by atoms with Crippen molar-refractivity contribution in [1.29, 1.82) is 0 Å². The zero-order chi connectivity index (χ0) is 54.8. The predicted molar refractivity (Wildman–Crippen MR) is 262 cm³/mol. The van der Waals surface area contributed by atoms with Crippen molar-refractivity contribution >= 4 is 59.1 Å². The molecule has 1 fully saturated rings. The summed E-state index contributed by atoms with van der Waals surface area (Å²) < 4.78 is 31.7. The molecule has 8 N–H and O–H groups in total. The Kier molecular flexibility index (Phi) is 20.7. The first-order valence-electron chi connectivity index (χ1n) is 23.9. The fourth-order valence-electron chi connectivity index (χ4n) is 8.11. The van der Waals surface area contributed by atoms with Gasteiger partial charge in [0, 0.05) is 74.3 Å². The van der Waals surface area contributed by atoms with Gasteiger partial charge in [0.1, 0.15) is 30.3 Å². The molecule has 9 amide bonds. The van der Waals surface area contributed by atoms with Crippen LogP contribution in [0.5, 0.6) is 0 Å². The first-order chi connectivity index (χ1) is 35.6. The van der Waals surface area contributed by atoms with Crippen molar-refractivity contribution < 1.29 is 66.7 Å². The zero-order valence-corrected chi connectivity index (χ0v) is 41.6. The van der Waals surface area contributed by atoms with Gasteiger partial charge >= 0.3 is 5.97 Å². The van der Waals surface area contributed by atoms with Crippen LogP contribution in [-0.2, 0) is 65.7 Å². The average Bonchev–Trinajstić information content (AvgIpc) is 3.92. The molecule has 0 bridgehead atoms. The topological polar surface area (TPSA) is 311 Å². The Morgan fingerprint density at radius 2 is 1.48 bits per heavy atom. The van der Waals surface area contributed by atoms with Crippen molar-refractivity contribution in [2.75, 3.05) is 32.8 Å². The third kappa shape index (κ3) is 17.4. The molecule has 2 aromatic carbocycles. The number of carbonyl (C=O) groups is 10. The third-order valence-electron chi connectivity index (χ3n) is 11.6. The molecule has 4 aromatic rings. The average molecular weight is 1040 g/mol. The molecular weight excluding hydrogens is 983 g/mol. The highest BCUT2D eigenvalue weighted by atomic mass is 19.1. The number of hydroxylamine groups is 2. The summed E-state index contributed by atoms with van der Waals surface area (Å²) in [5.74, 6) is -9.85. The van der Waals surface area contributed by atoms with E-state index in [0.29, 0.717) is 16.3 Å². The van der Waals surface area contributed by atoms with Crippen LogP contribution in [0.4, 0.5) is 8.78 Å². The smallest absolute Gasteiger partial charge is 0.333 e. The second kappa shape index (κ2) is 27.0. The van der Waals surface area contributed by atoms with E-state index >= 15 is 4.39 Å². The maximum Gasteiger partial charge on any atom is 0.333 e. The van der Waals surface area contributed by atoms with E-state index in [9.17, 15) is 57.4 Å². The van der Waals surface area contributed by atoms with Gasteiger partial charge in [0.25, 0.3) is 11.8 Å². The van der Waals surface area contributed by atoms with E-state index in [0.717, 1.165) is 23.8 Å². The minimum Gasteiger partial charge on any atom is -0.387 e. The van der Waals surface area contributed by atoms with Crippen LogP contribution >= 0.6 is 0 Å². The minimum absolute atomic E-state index is 0.0456. The lowest BCUT2D eigenvalue weighted by Crippen LogP contribution is -2.56. The number of carbonyl (C=O) groups excluding carboxylic acids is 10. The van der Waals surface area contributed by atoms with Crippen LogP contribution in [0.2, 0.25) is 0 Å². The Morgan fingerprint density at radius 1 is 0.813 bits per heavy atom. The van der Waals surface area contributed by atoms with Crippen molar-refractivity contribution in [3.8, 4) is 11.1 Å². The molecule has 0 saturated carbocycles. The number of aliphatic hydroxyl groups excluding tert-OH is 1. The number of amides is 9. The van der Waals surface area contributed by atoms with Gasteiger partial charge in [-0.15, -0.1) is 5.06 Å². The van der Waals surface area contributed by atoms with Crippen LogP contribution in [0, 0.1) is 17.0 Å². The fraction of sp³-hybridized carbons (Fsp3) is 0.392. The van der Waals surface area contributed by atoms with Gasteiger partial charge in [-0.05, 0) is 65.8 Å². The Labute approximate surface area is 430 Å². The Bertz CT molecular complexity index is 2720. The molecule has 75 heavy (non-hydrogen) atoms. The lowest BCUT2D eigenvalue weighted by Gasteiger charge is -2.41. The van der Waals surface area contributed by atoms with Gasteiger partial charge in [0.2, 0.25) is 41.4 Å². The second-order valence-electron chi connectivity index (χ2n) is 18.6. The summed E-state index contributed by atoms with van der Waals surface area (Å²) in [5, 5.41) is 22.9. The number of nitrogens with two attached hydrogens (primary N) is 1. The molecule has 5 rings (SSSR count). The standard InChI is InChI=1S/C51H60F2N10O12/c1-51(2,3)48(39-23-33(35-24-34(52)11-12-36(35)53)29-61(39)28-32-8-5-4-6-9-32)62(46(71)30-64)21-17-37(49(73)56-18-7-10-47(72)75-63-44(69)13-14-45(63)70)60-50(74)38(25-40(54)65)59-43(68)27-58-42(67)26-57-41(66)22-31-15-19-55-20-16-31/h4-6,8-9,11-12,15-16,19-20,23-24,29,37-38,48,64H,7,10,13-14,17-18,21-22,25-28,30H2,1-3H3,(H2,54,65)(H,56,73)(H,57,66)(H,58,67)(H,59,68)(H,60,74)/t37-,38-,48-/m0/s1. The molecule has 3 heterocycles. The Morgan fingerprint density at radius 3 is 2.13 bits per heavy atom. The van der Waals surface area contributed by atoms with Crippen molar-refractivity contribution in [3.05, 3.63) is 114 Å². The summed E-state index contributed by atoms with van der Waals surface area (Å²) in [6, 6.07) is 12.7. The number of benzene rings is 2. The number of imide groups is 1. The number of pyridine rings is 1. The van der Waals surface area contributed by atoms with E-state index in [2.05, 4.69) is 31.6 Å². The summed E-state index contributed by atoms with van der Waals surface area (Å²) in [6.07, 6.45) is 2.66. The van der Waals surface area contributed by atoms with Gasteiger partial charge in [-0.25, -0.2) is 13.6 Å². The van der Waals surface area contributed by atoms with E-state index in [1.165, 1.54) is 17.3 Å². The molecule has 22 nitrogen and oxygen atoms in total. The predicted octanol–water partition coefficient (Wildman–Crippen LogP) is 0.999. The number of halogens is 2. The number of aliphatic hydroxyl groups is 1.